The molecule has 2 rings (SSSR count). The third kappa shape index (κ3) is 5.71. The second-order valence-corrected chi connectivity index (χ2v) is 7.43. The first kappa shape index (κ1) is 21.3. The number of benzene rings is 1. The van der Waals surface area contributed by atoms with Crippen LogP contribution in [0.15, 0.2) is 29.3 Å². The predicted octanol–water partition coefficient (Wildman–Crippen LogP) is 5.33. The largest absolute Gasteiger partial charge is 0.497 e. The minimum absolute atomic E-state index is 0.0116. The molecule has 0 aliphatic heterocycles. The molecule has 7 heteroatoms. The van der Waals surface area contributed by atoms with Gasteiger partial charge in [0.05, 0.1) is 12.8 Å². The number of hydrogen-bond donors (Lipinski definition) is 0. The van der Waals surface area contributed by atoms with E-state index in [1.54, 1.807) is 0 Å². The normalized spacial score (nSPS) is 24.0. The molecule has 0 aromatic heterocycles. The van der Waals surface area contributed by atoms with E-state index >= 15 is 0 Å². The summed E-state index contributed by atoms with van der Waals surface area (Å²) in [5, 5.41) is 0. The van der Waals surface area contributed by atoms with E-state index in [0.29, 0.717) is 18.1 Å². The lowest BCUT2D eigenvalue weighted by Gasteiger charge is -2.36. The van der Waals surface area contributed by atoms with Gasteiger partial charge in [0.15, 0.2) is 0 Å². The summed E-state index contributed by atoms with van der Waals surface area (Å²) in [6.45, 7) is 6.02. The maximum Gasteiger partial charge on any atom is 0.440 e. The van der Waals surface area contributed by atoms with Crippen LogP contribution in [0, 0.1) is 17.8 Å². The molecule has 0 N–H and O–H groups in total. The Morgan fingerprint density at radius 1 is 1.19 bits per heavy atom. The lowest BCUT2D eigenvalue weighted by atomic mass is 9.75. The fourth-order valence-electron chi connectivity index (χ4n) is 3.45. The second kappa shape index (κ2) is 8.76. The highest BCUT2D eigenvalue weighted by atomic mass is 19.4. The van der Waals surface area contributed by atoms with Crippen molar-refractivity contribution in [3.8, 4) is 5.75 Å². The van der Waals surface area contributed by atoms with Crippen LogP contribution < -0.4 is 4.74 Å². The van der Waals surface area contributed by atoms with Gasteiger partial charge in [0.2, 0.25) is 5.71 Å². The average Bonchev–Trinajstić information content (AvgIpc) is 2.58. The first-order chi connectivity index (χ1) is 12.6. The van der Waals surface area contributed by atoms with Gasteiger partial charge < -0.3 is 9.47 Å². The summed E-state index contributed by atoms with van der Waals surface area (Å²) in [5.41, 5.74) is -1.52. The summed E-state index contributed by atoms with van der Waals surface area (Å²) < 4.78 is 50.6. The van der Waals surface area contributed by atoms with Gasteiger partial charge in [-0.3, -0.25) is 0 Å². The zero-order valence-electron chi connectivity index (χ0n) is 16.0. The molecule has 0 radical (unpaired) electrons. The number of rotatable bonds is 5. The SMILES string of the molecule is COc1ccc(N=C(C(=O)O[C@@H]2C[C@H](C)CC[C@H]2C(C)C)C(F)(F)F)cc1. The standard InChI is InChI=1S/C20H26F3NO3/c1-12(2)16-10-5-13(3)11-17(16)27-19(25)18(20(21,22)23)24-14-6-8-15(26-4)9-7-14/h6-9,12-13,16-17H,5,10-11H2,1-4H3/t13-,16+,17-/m1/s1. The fourth-order valence-corrected chi connectivity index (χ4v) is 3.45. The lowest BCUT2D eigenvalue weighted by molar-refractivity contribution is -0.151. The molecule has 0 unspecified atom stereocenters. The van der Waals surface area contributed by atoms with E-state index in [1.165, 1.54) is 31.4 Å². The van der Waals surface area contributed by atoms with Crippen LogP contribution in [0.3, 0.4) is 0 Å². The van der Waals surface area contributed by atoms with Crippen molar-refractivity contribution in [3.05, 3.63) is 24.3 Å². The van der Waals surface area contributed by atoms with Crippen molar-refractivity contribution in [2.24, 2.45) is 22.7 Å². The van der Waals surface area contributed by atoms with E-state index in [0.717, 1.165) is 12.8 Å². The average molecular weight is 385 g/mol. The molecule has 0 heterocycles. The molecule has 1 aliphatic carbocycles. The number of carbonyl (C=O) groups is 1. The van der Waals surface area contributed by atoms with E-state index in [4.69, 9.17) is 9.47 Å². The van der Waals surface area contributed by atoms with Gasteiger partial charge in [0, 0.05) is 0 Å². The van der Waals surface area contributed by atoms with Gasteiger partial charge in [-0.1, -0.05) is 27.2 Å². The molecule has 1 aromatic rings. The van der Waals surface area contributed by atoms with E-state index in [-0.39, 0.29) is 17.5 Å². The van der Waals surface area contributed by atoms with Gasteiger partial charge >= 0.3 is 12.1 Å². The quantitative estimate of drug-likeness (QED) is 0.508. The number of carbonyl (C=O) groups excluding carboxylic acids is 1. The van der Waals surface area contributed by atoms with Crippen LogP contribution >= 0.6 is 0 Å². The molecule has 0 spiro atoms. The molecule has 1 saturated carbocycles. The predicted molar refractivity (Wildman–Crippen MR) is 97.4 cm³/mol. The molecule has 0 saturated heterocycles. The summed E-state index contributed by atoms with van der Waals surface area (Å²) in [4.78, 5) is 15.9. The first-order valence-corrected chi connectivity index (χ1v) is 9.12. The molecule has 0 bridgehead atoms. The van der Waals surface area contributed by atoms with Crippen molar-refractivity contribution in [2.75, 3.05) is 7.11 Å². The highest BCUT2D eigenvalue weighted by molar-refractivity contribution is 6.39. The molecule has 0 amide bonds. The molecule has 1 fully saturated rings. The number of nitrogens with zero attached hydrogens (tertiary/aromatic N) is 1. The van der Waals surface area contributed by atoms with Crippen molar-refractivity contribution in [1.29, 1.82) is 0 Å². The van der Waals surface area contributed by atoms with Crippen LogP contribution in [-0.4, -0.2) is 31.1 Å². The Kier molecular flexibility index (Phi) is 6.89. The van der Waals surface area contributed by atoms with Gasteiger partial charge in [0.1, 0.15) is 11.9 Å². The highest BCUT2D eigenvalue weighted by Crippen LogP contribution is 2.36. The first-order valence-electron chi connectivity index (χ1n) is 9.12. The minimum Gasteiger partial charge on any atom is -0.497 e. The monoisotopic (exact) mass is 385 g/mol. The van der Waals surface area contributed by atoms with Crippen LogP contribution in [0.4, 0.5) is 18.9 Å². The maximum absolute atomic E-state index is 13.4. The van der Waals surface area contributed by atoms with Crippen LogP contribution in [0.25, 0.3) is 0 Å². The lowest BCUT2D eigenvalue weighted by Crippen LogP contribution is -2.40. The van der Waals surface area contributed by atoms with Crippen molar-refractivity contribution >= 4 is 17.4 Å². The second-order valence-electron chi connectivity index (χ2n) is 7.43. The Morgan fingerprint density at radius 3 is 2.33 bits per heavy atom. The van der Waals surface area contributed by atoms with Gasteiger partial charge in [-0.25, -0.2) is 9.79 Å². The third-order valence-electron chi connectivity index (χ3n) is 4.99. The molecule has 1 aromatic carbocycles. The van der Waals surface area contributed by atoms with Crippen molar-refractivity contribution in [2.45, 2.75) is 52.3 Å². The topological polar surface area (TPSA) is 47.9 Å². The highest BCUT2D eigenvalue weighted by Gasteiger charge is 2.44. The van der Waals surface area contributed by atoms with Gasteiger partial charge in [-0.2, -0.15) is 13.2 Å². The molecule has 150 valence electrons. The maximum atomic E-state index is 13.4. The molecular weight excluding hydrogens is 359 g/mol. The van der Waals surface area contributed by atoms with Crippen LogP contribution in [-0.2, 0) is 9.53 Å². The Labute approximate surface area is 157 Å². The Hall–Kier alpha value is -2.05. The molecule has 27 heavy (non-hydrogen) atoms. The van der Waals surface area contributed by atoms with Crippen LogP contribution in [0.2, 0.25) is 0 Å². The number of halogens is 3. The molecule has 1 aliphatic rings. The number of ether oxygens (including phenoxy) is 2. The van der Waals surface area contributed by atoms with E-state index in [2.05, 4.69) is 4.99 Å². The number of aliphatic imine (C=N–C) groups is 1. The Bertz CT molecular complexity index is 668. The summed E-state index contributed by atoms with van der Waals surface area (Å²) in [5.74, 6) is -0.335. The summed E-state index contributed by atoms with van der Waals surface area (Å²) in [6, 6.07) is 5.68. The van der Waals surface area contributed by atoms with Gasteiger partial charge in [0.25, 0.3) is 0 Å². The summed E-state index contributed by atoms with van der Waals surface area (Å²) in [6.07, 6.45) is -3.02. The number of hydrogen-bond acceptors (Lipinski definition) is 4. The van der Waals surface area contributed by atoms with Crippen molar-refractivity contribution < 1.29 is 27.4 Å². The Morgan fingerprint density at radius 2 is 1.81 bits per heavy atom. The van der Waals surface area contributed by atoms with Crippen molar-refractivity contribution in [1.82, 2.24) is 0 Å². The van der Waals surface area contributed by atoms with Crippen LogP contribution in [0.1, 0.15) is 40.0 Å². The molecule has 3 atom stereocenters. The minimum atomic E-state index is -4.90. The molecular formula is C20H26F3NO3. The smallest absolute Gasteiger partial charge is 0.440 e. The fraction of sp³-hybridized carbons (Fsp3) is 0.600. The van der Waals surface area contributed by atoms with E-state index in [1.807, 2.05) is 20.8 Å². The Balaban J connectivity index is 2.24. The number of esters is 1. The van der Waals surface area contributed by atoms with E-state index in [9.17, 15) is 18.0 Å². The number of methoxy groups -OCH3 is 1. The van der Waals surface area contributed by atoms with Crippen LogP contribution in [0.5, 0.6) is 5.75 Å². The zero-order valence-corrected chi connectivity index (χ0v) is 16.0. The summed E-state index contributed by atoms with van der Waals surface area (Å²) in [7, 11) is 1.45. The summed E-state index contributed by atoms with van der Waals surface area (Å²) >= 11 is 0. The third-order valence-corrected chi connectivity index (χ3v) is 4.99. The van der Waals surface area contributed by atoms with Crippen molar-refractivity contribution in [3.63, 3.8) is 0 Å². The van der Waals surface area contributed by atoms with Gasteiger partial charge in [-0.15, -0.1) is 0 Å². The molecule has 4 nitrogen and oxygen atoms in total. The van der Waals surface area contributed by atoms with E-state index < -0.39 is 24.0 Å². The zero-order chi connectivity index (χ0) is 20.2. The van der Waals surface area contributed by atoms with Gasteiger partial charge in [-0.05, 0) is 54.9 Å². The number of alkyl halides is 3.